The summed E-state index contributed by atoms with van der Waals surface area (Å²) in [6, 6.07) is 12.0. The molecule has 0 aliphatic carbocycles. The Bertz CT molecular complexity index is 617. The van der Waals surface area contributed by atoms with Gasteiger partial charge in [-0.25, -0.2) is 4.39 Å². The molecular formula is C17H17FO2. The molecule has 1 atom stereocenters. The molecule has 2 nitrogen and oxygen atoms in total. The van der Waals surface area contributed by atoms with Gasteiger partial charge in [-0.15, -0.1) is 0 Å². The number of halogens is 1. The molecule has 0 saturated carbocycles. The summed E-state index contributed by atoms with van der Waals surface area (Å²) in [5.74, 6) is -1.43. The van der Waals surface area contributed by atoms with E-state index < -0.39 is 5.97 Å². The molecule has 0 radical (unpaired) electrons. The van der Waals surface area contributed by atoms with Crippen LogP contribution in [0.5, 0.6) is 0 Å². The van der Waals surface area contributed by atoms with Gasteiger partial charge in [0, 0.05) is 5.92 Å². The number of carbonyl (C=O) groups is 1. The molecule has 1 N–H and O–H groups in total. The SMILES string of the molecule is Cc1ccc(C(CC(=O)O)c2ccc(F)cc2)c(C)c1. The first-order valence-corrected chi connectivity index (χ1v) is 6.52. The second-order valence-electron chi connectivity index (χ2n) is 5.06. The Labute approximate surface area is 117 Å². The highest BCUT2D eigenvalue weighted by atomic mass is 19.1. The number of aryl methyl sites for hydroxylation is 2. The molecule has 0 aromatic heterocycles. The number of hydrogen-bond donors (Lipinski definition) is 1. The summed E-state index contributed by atoms with van der Waals surface area (Å²) in [6.45, 7) is 3.97. The lowest BCUT2D eigenvalue weighted by molar-refractivity contribution is -0.137. The van der Waals surface area contributed by atoms with E-state index in [0.717, 1.165) is 22.3 Å². The lowest BCUT2D eigenvalue weighted by Crippen LogP contribution is -2.09. The monoisotopic (exact) mass is 272 g/mol. The molecule has 104 valence electrons. The van der Waals surface area contributed by atoms with Gasteiger partial charge in [0.1, 0.15) is 5.82 Å². The van der Waals surface area contributed by atoms with Gasteiger partial charge in [-0.2, -0.15) is 0 Å². The third-order valence-corrected chi connectivity index (χ3v) is 3.45. The van der Waals surface area contributed by atoms with Gasteiger partial charge in [0.25, 0.3) is 0 Å². The van der Waals surface area contributed by atoms with Crippen molar-refractivity contribution in [2.45, 2.75) is 26.2 Å². The van der Waals surface area contributed by atoms with E-state index in [2.05, 4.69) is 0 Å². The average molecular weight is 272 g/mol. The molecule has 0 spiro atoms. The van der Waals surface area contributed by atoms with E-state index >= 15 is 0 Å². The standard InChI is InChI=1S/C17H17FO2/c1-11-3-8-15(12(2)9-11)16(10-17(19)20)13-4-6-14(18)7-5-13/h3-9,16H,10H2,1-2H3,(H,19,20). The van der Waals surface area contributed by atoms with Crippen molar-refractivity contribution in [3.05, 3.63) is 70.5 Å². The third-order valence-electron chi connectivity index (χ3n) is 3.45. The predicted molar refractivity (Wildman–Crippen MR) is 76.4 cm³/mol. The van der Waals surface area contributed by atoms with Gasteiger partial charge in [-0.05, 0) is 42.7 Å². The second-order valence-corrected chi connectivity index (χ2v) is 5.06. The van der Waals surface area contributed by atoms with Gasteiger partial charge >= 0.3 is 5.97 Å². The Morgan fingerprint density at radius 2 is 1.80 bits per heavy atom. The first kappa shape index (κ1) is 14.3. The topological polar surface area (TPSA) is 37.3 Å². The van der Waals surface area contributed by atoms with E-state index in [1.807, 2.05) is 32.0 Å². The predicted octanol–water partition coefficient (Wildman–Crippen LogP) is 4.05. The average Bonchev–Trinajstić information content (AvgIpc) is 2.37. The van der Waals surface area contributed by atoms with Crippen LogP contribution in [0.4, 0.5) is 4.39 Å². The number of benzene rings is 2. The summed E-state index contributed by atoms with van der Waals surface area (Å²) in [7, 11) is 0. The van der Waals surface area contributed by atoms with E-state index in [1.165, 1.54) is 12.1 Å². The lowest BCUT2D eigenvalue weighted by Gasteiger charge is -2.19. The van der Waals surface area contributed by atoms with Crippen LogP contribution in [-0.4, -0.2) is 11.1 Å². The quantitative estimate of drug-likeness (QED) is 0.911. The van der Waals surface area contributed by atoms with Gasteiger partial charge in [0.2, 0.25) is 0 Å². The molecule has 2 aromatic carbocycles. The van der Waals surface area contributed by atoms with Gasteiger partial charge in [0.15, 0.2) is 0 Å². The van der Waals surface area contributed by atoms with Gasteiger partial charge in [0.05, 0.1) is 6.42 Å². The van der Waals surface area contributed by atoms with Crippen molar-refractivity contribution in [2.75, 3.05) is 0 Å². The molecule has 2 rings (SSSR count). The van der Waals surface area contributed by atoms with Crippen LogP contribution in [0.1, 0.15) is 34.6 Å². The lowest BCUT2D eigenvalue weighted by atomic mass is 9.85. The molecule has 0 aliphatic rings. The van der Waals surface area contributed by atoms with E-state index in [0.29, 0.717) is 0 Å². The minimum absolute atomic E-state index is 0.00443. The highest BCUT2D eigenvalue weighted by Crippen LogP contribution is 2.31. The maximum absolute atomic E-state index is 13.0. The molecule has 2 aromatic rings. The van der Waals surface area contributed by atoms with Crippen molar-refractivity contribution in [1.82, 2.24) is 0 Å². The maximum Gasteiger partial charge on any atom is 0.304 e. The van der Waals surface area contributed by atoms with Crippen molar-refractivity contribution in [1.29, 1.82) is 0 Å². The Hall–Kier alpha value is -2.16. The Balaban J connectivity index is 2.46. The largest absolute Gasteiger partial charge is 0.481 e. The zero-order valence-corrected chi connectivity index (χ0v) is 11.6. The maximum atomic E-state index is 13.0. The van der Waals surface area contributed by atoms with Crippen molar-refractivity contribution in [3.63, 3.8) is 0 Å². The van der Waals surface area contributed by atoms with Gasteiger partial charge < -0.3 is 5.11 Å². The van der Waals surface area contributed by atoms with Crippen LogP contribution >= 0.6 is 0 Å². The number of carboxylic acids is 1. The van der Waals surface area contributed by atoms with Gasteiger partial charge in [-0.3, -0.25) is 4.79 Å². The number of hydrogen-bond acceptors (Lipinski definition) is 1. The summed E-state index contributed by atoms with van der Waals surface area (Å²) >= 11 is 0. The van der Waals surface area contributed by atoms with Crippen molar-refractivity contribution in [2.24, 2.45) is 0 Å². The summed E-state index contributed by atoms with van der Waals surface area (Å²) in [4.78, 5) is 11.1. The molecule has 0 saturated heterocycles. The fourth-order valence-electron chi connectivity index (χ4n) is 2.49. The fourth-order valence-corrected chi connectivity index (χ4v) is 2.49. The molecule has 0 aliphatic heterocycles. The first-order valence-electron chi connectivity index (χ1n) is 6.52. The smallest absolute Gasteiger partial charge is 0.304 e. The second kappa shape index (κ2) is 5.87. The summed E-state index contributed by atoms with van der Waals surface area (Å²) in [5.41, 5.74) is 3.99. The van der Waals surface area contributed by atoms with E-state index in [4.69, 9.17) is 5.11 Å². The summed E-state index contributed by atoms with van der Waals surface area (Å²) < 4.78 is 13.0. The third kappa shape index (κ3) is 3.23. The van der Waals surface area contributed by atoms with Crippen LogP contribution < -0.4 is 0 Å². The van der Waals surface area contributed by atoms with E-state index in [1.54, 1.807) is 12.1 Å². The Morgan fingerprint density at radius 1 is 1.15 bits per heavy atom. The highest BCUT2D eigenvalue weighted by molar-refractivity contribution is 5.69. The van der Waals surface area contributed by atoms with Crippen LogP contribution in [0.25, 0.3) is 0 Å². The number of aliphatic carboxylic acids is 1. The van der Waals surface area contributed by atoms with Crippen LogP contribution in [0.2, 0.25) is 0 Å². The molecule has 0 fully saturated rings. The van der Waals surface area contributed by atoms with Crippen molar-refractivity contribution < 1.29 is 14.3 Å². The molecule has 3 heteroatoms. The first-order chi connectivity index (χ1) is 9.47. The molecule has 0 heterocycles. The van der Waals surface area contributed by atoms with Crippen molar-refractivity contribution in [3.8, 4) is 0 Å². The zero-order chi connectivity index (χ0) is 14.7. The fraction of sp³-hybridized carbons (Fsp3) is 0.235. The molecule has 20 heavy (non-hydrogen) atoms. The van der Waals surface area contributed by atoms with Crippen molar-refractivity contribution >= 4 is 5.97 Å². The number of rotatable bonds is 4. The van der Waals surface area contributed by atoms with Crippen LogP contribution in [-0.2, 0) is 4.79 Å². The normalized spacial score (nSPS) is 12.2. The summed E-state index contributed by atoms with van der Waals surface area (Å²) in [5, 5.41) is 9.13. The zero-order valence-electron chi connectivity index (χ0n) is 11.6. The van der Waals surface area contributed by atoms with E-state index in [-0.39, 0.29) is 18.2 Å². The van der Waals surface area contributed by atoms with E-state index in [9.17, 15) is 9.18 Å². The summed E-state index contributed by atoms with van der Waals surface area (Å²) in [6.07, 6.45) is -0.00443. The minimum Gasteiger partial charge on any atom is -0.481 e. The molecular weight excluding hydrogens is 255 g/mol. The Kier molecular flexibility index (Phi) is 4.18. The van der Waals surface area contributed by atoms with Gasteiger partial charge in [-0.1, -0.05) is 35.9 Å². The highest BCUT2D eigenvalue weighted by Gasteiger charge is 2.19. The van der Waals surface area contributed by atoms with Crippen LogP contribution in [0.15, 0.2) is 42.5 Å². The van der Waals surface area contributed by atoms with Crippen LogP contribution in [0.3, 0.4) is 0 Å². The Morgan fingerprint density at radius 3 is 2.35 bits per heavy atom. The molecule has 1 unspecified atom stereocenters. The molecule has 0 bridgehead atoms. The molecule has 0 amide bonds. The minimum atomic E-state index is -0.862. The van der Waals surface area contributed by atoms with Crippen LogP contribution in [0, 0.1) is 19.7 Å². The number of carboxylic acid groups (broad SMARTS) is 1.